The Morgan fingerprint density at radius 2 is 1.68 bits per heavy atom. The van der Waals surface area contributed by atoms with Crippen LogP contribution in [0.3, 0.4) is 0 Å². The molecule has 98 valence electrons. The minimum atomic E-state index is -0.787. The number of hydrogen-bond acceptors (Lipinski definition) is 1. The van der Waals surface area contributed by atoms with Crippen LogP contribution < -0.4 is 0 Å². The van der Waals surface area contributed by atoms with Gasteiger partial charge in [-0.1, -0.05) is 54.1 Å². The molecule has 19 heavy (non-hydrogen) atoms. The van der Waals surface area contributed by atoms with Crippen LogP contribution in [0.2, 0.25) is 5.02 Å². The summed E-state index contributed by atoms with van der Waals surface area (Å²) in [5.74, 6) is 0.753. The Morgan fingerprint density at radius 3 is 2.32 bits per heavy atom. The van der Waals surface area contributed by atoms with Crippen LogP contribution in [0.5, 0.6) is 0 Å². The standard InChI is InChI=1S/C17H17ClO/c1-17(19,13-7-9-14(18)10-8-13)16-11-15(16)12-5-3-2-4-6-12/h2-10,15-16,19H,11H2,1H3. The molecule has 0 spiro atoms. The molecule has 2 aromatic carbocycles. The molecule has 0 aromatic heterocycles. The summed E-state index contributed by atoms with van der Waals surface area (Å²) in [6.07, 6.45) is 1.04. The summed E-state index contributed by atoms with van der Waals surface area (Å²) in [7, 11) is 0. The van der Waals surface area contributed by atoms with Crippen LogP contribution in [0, 0.1) is 5.92 Å². The molecule has 0 heterocycles. The van der Waals surface area contributed by atoms with Crippen molar-refractivity contribution in [3.63, 3.8) is 0 Å². The van der Waals surface area contributed by atoms with Gasteiger partial charge in [-0.2, -0.15) is 0 Å². The van der Waals surface area contributed by atoms with E-state index in [1.807, 2.05) is 37.3 Å². The summed E-state index contributed by atoms with van der Waals surface area (Å²) in [6.45, 7) is 1.91. The van der Waals surface area contributed by atoms with E-state index >= 15 is 0 Å². The maximum atomic E-state index is 10.8. The molecule has 3 unspecified atom stereocenters. The Morgan fingerprint density at radius 1 is 1.05 bits per heavy atom. The lowest BCUT2D eigenvalue weighted by atomic mass is 9.89. The van der Waals surface area contributed by atoms with E-state index in [0.717, 1.165) is 12.0 Å². The SMILES string of the molecule is CC(O)(c1ccc(Cl)cc1)C1CC1c1ccccc1. The Labute approximate surface area is 118 Å². The van der Waals surface area contributed by atoms with Crippen molar-refractivity contribution in [2.45, 2.75) is 24.9 Å². The molecule has 1 saturated carbocycles. The van der Waals surface area contributed by atoms with Gasteiger partial charge in [-0.05, 0) is 48.4 Å². The second kappa shape index (κ2) is 4.66. The monoisotopic (exact) mass is 272 g/mol. The van der Waals surface area contributed by atoms with Gasteiger partial charge in [-0.3, -0.25) is 0 Å². The van der Waals surface area contributed by atoms with Gasteiger partial charge in [0.05, 0.1) is 5.60 Å². The summed E-state index contributed by atoms with van der Waals surface area (Å²) < 4.78 is 0. The normalized spacial score (nSPS) is 24.8. The number of aliphatic hydroxyl groups is 1. The van der Waals surface area contributed by atoms with Gasteiger partial charge in [-0.15, -0.1) is 0 Å². The number of benzene rings is 2. The second-order valence-corrected chi connectivity index (χ2v) is 5.95. The van der Waals surface area contributed by atoms with Gasteiger partial charge in [0, 0.05) is 5.02 Å². The molecular weight excluding hydrogens is 256 g/mol. The minimum Gasteiger partial charge on any atom is -0.385 e. The highest BCUT2D eigenvalue weighted by molar-refractivity contribution is 6.30. The largest absolute Gasteiger partial charge is 0.385 e. The molecule has 3 atom stereocenters. The first-order chi connectivity index (χ1) is 9.09. The van der Waals surface area contributed by atoms with E-state index in [-0.39, 0.29) is 5.92 Å². The Bertz CT molecular complexity index is 560. The Kier molecular flexibility index (Phi) is 3.12. The fourth-order valence-electron chi connectivity index (χ4n) is 2.89. The van der Waals surface area contributed by atoms with Crippen LogP contribution in [0.1, 0.15) is 30.4 Å². The second-order valence-electron chi connectivity index (χ2n) is 5.51. The molecular formula is C17H17ClO. The fourth-order valence-corrected chi connectivity index (χ4v) is 3.01. The van der Waals surface area contributed by atoms with E-state index in [9.17, 15) is 5.11 Å². The topological polar surface area (TPSA) is 20.2 Å². The molecule has 0 aliphatic heterocycles. The first-order valence-corrected chi connectivity index (χ1v) is 7.00. The minimum absolute atomic E-state index is 0.288. The van der Waals surface area contributed by atoms with Crippen LogP contribution in [0.15, 0.2) is 54.6 Å². The smallest absolute Gasteiger partial charge is 0.0902 e. The maximum absolute atomic E-state index is 10.8. The quantitative estimate of drug-likeness (QED) is 0.881. The summed E-state index contributed by atoms with van der Waals surface area (Å²) in [5.41, 5.74) is 1.48. The predicted octanol–water partition coefficient (Wildman–Crippen LogP) is 4.35. The Hall–Kier alpha value is -1.31. The van der Waals surface area contributed by atoms with E-state index in [4.69, 9.17) is 11.6 Å². The third-order valence-electron chi connectivity index (χ3n) is 4.17. The van der Waals surface area contributed by atoms with Crippen molar-refractivity contribution in [3.8, 4) is 0 Å². The fraction of sp³-hybridized carbons (Fsp3) is 0.294. The van der Waals surface area contributed by atoms with Crippen LogP contribution >= 0.6 is 11.6 Å². The van der Waals surface area contributed by atoms with Gasteiger partial charge >= 0.3 is 0 Å². The molecule has 1 aliphatic rings. The first-order valence-electron chi connectivity index (χ1n) is 6.62. The van der Waals surface area contributed by atoms with Gasteiger partial charge in [-0.25, -0.2) is 0 Å². The number of hydrogen-bond donors (Lipinski definition) is 1. The van der Waals surface area contributed by atoms with Crippen molar-refractivity contribution in [2.75, 3.05) is 0 Å². The van der Waals surface area contributed by atoms with E-state index in [1.54, 1.807) is 0 Å². The van der Waals surface area contributed by atoms with Crippen molar-refractivity contribution in [2.24, 2.45) is 5.92 Å². The van der Waals surface area contributed by atoms with Gasteiger partial charge in [0.25, 0.3) is 0 Å². The lowest BCUT2D eigenvalue weighted by Crippen LogP contribution is -2.24. The molecule has 3 rings (SSSR count). The van der Waals surface area contributed by atoms with Gasteiger partial charge in [0.1, 0.15) is 0 Å². The first kappa shape index (κ1) is 12.7. The van der Waals surface area contributed by atoms with E-state index < -0.39 is 5.60 Å². The summed E-state index contributed by atoms with van der Waals surface area (Å²) in [6, 6.07) is 17.9. The third kappa shape index (κ3) is 2.41. The molecule has 1 aliphatic carbocycles. The maximum Gasteiger partial charge on any atom is 0.0902 e. The molecule has 1 N–H and O–H groups in total. The van der Waals surface area contributed by atoms with Gasteiger partial charge in [0.15, 0.2) is 0 Å². The lowest BCUT2D eigenvalue weighted by Gasteiger charge is -2.24. The molecule has 0 saturated heterocycles. The highest BCUT2D eigenvalue weighted by atomic mass is 35.5. The average Bonchev–Trinajstić information content (AvgIpc) is 3.21. The third-order valence-corrected chi connectivity index (χ3v) is 4.42. The van der Waals surface area contributed by atoms with E-state index in [0.29, 0.717) is 10.9 Å². The zero-order valence-corrected chi connectivity index (χ0v) is 11.6. The number of halogens is 1. The van der Waals surface area contributed by atoms with Crippen LogP contribution in [-0.4, -0.2) is 5.11 Å². The van der Waals surface area contributed by atoms with Crippen molar-refractivity contribution in [1.29, 1.82) is 0 Å². The van der Waals surface area contributed by atoms with Crippen molar-refractivity contribution in [1.82, 2.24) is 0 Å². The van der Waals surface area contributed by atoms with Gasteiger partial charge < -0.3 is 5.11 Å². The molecule has 1 nitrogen and oxygen atoms in total. The van der Waals surface area contributed by atoms with Crippen molar-refractivity contribution >= 4 is 11.6 Å². The summed E-state index contributed by atoms with van der Waals surface area (Å²) >= 11 is 5.90. The van der Waals surface area contributed by atoms with Crippen LogP contribution in [0.25, 0.3) is 0 Å². The van der Waals surface area contributed by atoms with E-state index in [1.165, 1.54) is 5.56 Å². The van der Waals surface area contributed by atoms with Crippen LogP contribution in [0.4, 0.5) is 0 Å². The average molecular weight is 273 g/mol. The highest BCUT2D eigenvalue weighted by Gasteiger charge is 2.50. The predicted molar refractivity (Wildman–Crippen MR) is 78.3 cm³/mol. The number of rotatable bonds is 3. The van der Waals surface area contributed by atoms with Crippen molar-refractivity contribution < 1.29 is 5.11 Å². The van der Waals surface area contributed by atoms with Crippen LogP contribution in [-0.2, 0) is 5.60 Å². The summed E-state index contributed by atoms with van der Waals surface area (Å²) in [5, 5.41) is 11.5. The molecule has 0 amide bonds. The Balaban J connectivity index is 1.82. The van der Waals surface area contributed by atoms with E-state index in [2.05, 4.69) is 24.3 Å². The molecule has 2 aromatic rings. The highest BCUT2D eigenvalue weighted by Crippen LogP contribution is 2.56. The summed E-state index contributed by atoms with van der Waals surface area (Å²) in [4.78, 5) is 0. The molecule has 0 bridgehead atoms. The molecule has 2 heteroatoms. The lowest BCUT2D eigenvalue weighted by molar-refractivity contribution is 0.0309. The van der Waals surface area contributed by atoms with Gasteiger partial charge in [0.2, 0.25) is 0 Å². The zero-order valence-electron chi connectivity index (χ0n) is 10.9. The molecule has 1 fully saturated rings. The zero-order chi connectivity index (χ0) is 13.5. The van der Waals surface area contributed by atoms with Crippen molar-refractivity contribution in [3.05, 3.63) is 70.7 Å². The molecule has 0 radical (unpaired) electrons.